The van der Waals surface area contributed by atoms with Crippen LogP contribution in [0.15, 0.2) is 6.07 Å². The fourth-order valence-corrected chi connectivity index (χ4v) is 1.00. The Kier molecular flexibility index (Phi) is 2.10. The van der Waals surface area contributed by atoms with E-state index >= 15 is 0 Å². The van der Waals surface area contributed by atoms with Gasteiger partial charge in [0.25, 0.3) is 0 Å². The van der Waals surface area contributed by atoms with Crippen LogP contribution in [0.3, 0.4) is 0 Å². The molecule has 0 atom stereocenters. The number of aryl methyl sites for hydroxylation is 2. The van der Waals surface area contributed by atoms with Gasteiger partial charge in [0, 0.05) is 0 Å². The van der Waals surface area contributed by atoms with E-state index in [4.69, 9.17) is 10.8 Å². The minimum absolute atomic E-state index is 0.0258. The summed E-state index contributed by atoms with van der Waals surface area (Å²) >= 11 is 0. The summed E-state index contributed by atoms with van der Waals surface area (Å²) in [6.45, 7) is 3.71. The predicted molar refractivity (Wildman–Crippen MR) is 44.0 cm³/mol. The van der Waals surface area contributed by atoms with Gasteiger partial charge < -0.3 is 10.8 Å². The van der Waals surface area contributed by atoms with Crippen LogP contribution in [-0.2, 0) is 6.61 Å². The molecule has 0 unspecified atom stereocenters. The second-order valence-electron chi connectivity index (χ2n) is 2.59. The van der Waals surface area contributed by atoms with Crippen molar-refractivity contribution in [2.24, 2.45) is 0 Å². The lowest BCUT2D eigenvalue weighted by molar-refractivity contribution is 0.276. The van der Waals surface area contributed by atoms with Crippen LogP contribution < -0.4 is 5.73 Å². The molecule has 0 spiro atoms. The smallest absolute Gasteiger partial charge is 0.0853 e. The second-order valence-corrected chi connectivity index (χ2v) is 2.59. The van der Waals surface area contributed by atoms with Gasteiger partial charge in [-0.1, -0.05) is 0 Å². The van der Waals surface area contributed by atoms with Crippen LogP contribution in [0.25, 0.3) is 0 Å². The predicted octanol–water partition coefficient (Wildman–Crippen LogP) is 0.773. The Morgan fingerprint density at radius 1 is 1.55 bits per heavy atom. The summed E-state index contributed by atoms with van der Waals surface area (Å²) in [5.74, 6) is 0. The minimum Gasteiger partial charge on any atom is -0.397 e. The quantitative estimate of drug-likeness (QED) is 0.625. The summed E-state index contributed by atoms with van der Waals surface area (Å²) in [6, 6.07) is 1.79. The highest BCUT2D eigenvalue weighted by molar-refractivity contribution is 5.50. The number of hydrogen-bond acceptors (Lipinski definition) is 3. The highest BCUT2D eigenvalue weighted by Gasteiger charge is 2.01. The van der Waals surface area contributed by atoms with Crippen molar-refractivity contribution in [3.8, 4) is 0 Å². The van der Waals surface area contributed by atoms with E-state index < -0.39 is 0 Å². The van der Waals surface area contributed by atoms with Gasteiger partial charge in [-0.3, -0.25) is 4.98 Å². The Morgan fingerprint density at radius 3 is 2.64 bits per heavy atom. The van der Waals surface area contributed by atoms with Gasteiger partial charge in [-0.15, -0.1) is 0 Å². The lowest BCUT2D eigenvalue weighted by Gasteiger charge is -2.05. The van der Waals surface area contributed by atoms with Crippen molar-refractivity contribution in [3.63, 3.8) is 0 Å². The van der Waals surface area contributed by atoms with Gasteiger partial charge in [-0.2, -0.15) is 0 Å². The van der Waals surface area contributed by atoms with E-state index in [9.17, 15) is 0 Å². The topological polar surface area (TPSA) is 59.1 Å². The Hall–Kier alpha value is -1.09. The molecule has 1 rings (SSSR count). The molecule has 1 aromatic rings. The number of aliphatic hydroxyl groups excluding tert-OH is 1. The number of nitrogens with two attached hydrogens (primary N) is 1. The van der Waals surface area contributed by atoms with E-state index in [1.807, 2.05) is 13.8 Å². The van der Waals surface area contributed by atoms with Gasteiger partial charge in [-0.05, 0) is 25.5 Å². The molecule has 0 aliphatic rings. The van der Waals surface area contributed by atoms with Crippen molar-refractivity contribution in [1.82, 2.24) is 4.98 Å². The molecule has 0 saturated carbocycles. The number of rotatable bonds is 1. The zero-order chi connectivity index (χ0) is 8.43. The van der Waals surface area contributed by atoms with Gasteiger partial charge in [-0.25, -0.2) is 0 Å². The molecule has 0 aliphatic heterocycles. The van der Waals surface area contributed by atoms with E-state index in [2.05, 4.69) is 4.98 Å². The molecule has 0 amide bonds. The third-order valence-corrected chi connectivity index (χ3v) is 1.67. The standard InChI is InChI=1S/C8H12N2O/c1-5-3-7(4-11)10-6(2)8(5)9/h3,11H,4,9H2,1-2H3. The van der Waals surface area contributed by atoms with Gasteiger partial charge in [0.1, 0.15) is 0 Å². The van der Waals surface area contributed by atoms with Crippen LogP contribution >= 0.6 is 0 Å². The largest absolute Gasteiger partial charge is 0.397 e. The Morgan fingerprint density at radius 2 is 2.18 bits per heavy atom. The summed E-state index contributed by atoms with van der Waals surface area (Å²) in [5, 5.41) is 8.77. The summed E-state index contributed by atoms with van der Waals surface area (Å²) in [4.78, 5) is 4.08. The van der Waals surface area contributed by atoms with E-state index in [1.165, 1.54) is 0 Å². The molecule has 0 aromatic carbocycles. The highest BCUT2D eigenvalue weighted by atomic mass is 16.3. The maximum atomic E-state index is 8.77. The molecule has 1 heterocycles. The van der Waals surface area contributed by atoms with E-state index in [0.717, 1.165) is 11.3 Å². The number of pyridine rings is 1. The Balaban J connectivity index is 3.21. The summed E-state index contributed by atoms with van der Waals surface area (Å²) in [7, 11) is 0. The molecule has 3 nitrogen and oxygen atoms in total. The summed E-state index contributed by atoms with van der Waals surface area (Å²) in [6.07, 6.45) is 0. The molecule has 0 radical (unpaired) electrons. The van der Waals surface area contributed by atoms with E-state index in [0.29, 0.717) is 11.4 Å². The molecule has 0 fully saturated rings. The van der Waals surface area contributed by atoms with E-state index in [1.54, 1.807) is 6.07 Å². The fourth-order valence-electron chi connectivity index (χ4n) is 1.00. The lowest BCUT2D eigenvalue weighted by Crippen LogP contribution is -2.00. The number of anilines is 1. The van der Waals surface area contributed by atoms with Gasteiger partial charge in [0.2, 0.25) is 0 Å². The third-order valence-electron chi connectivity index (χ3n) is 1.67. The molecule has 60 valence electrons. The summed E-state index contributed by atoms with van der Waals surface area (Å²) < 4.78 is 0. The molecule has 0 saturated heterocycles. The summed E-state index contributed by atoms with van der Waals surface area (Å²) in [5.41, 5.74) is 8.81. The van der Waals surface area contributed by atoms with Crippen molar-refractivity contribution in [1.29, 1.82) is 0 Å². The van der Waals surface area contributed by atoms with Gasteiger partial charge in [0.05, 0.1) is 23.7 Å². The van der Waals surface area contributed by atoms with Crippen molar-refractivity contribution in [2.45, 2.75) is 20.5 Å². The van der Waals surface area contributed by atoms with Crippen LogP contribution in [0.5, 0.6) is 0 Å². The maximum Gasteiger partial charge on any atom is 0.0853 e. The molecule has 11 heavy (non-hydrogen) atoms. The average Bonchev–Trinajstić information content (AvgIpc) is 1.99. The molecule has 3 N–H and O–H groups in total. The average molecular weight is 152 g/mol. The molecular formula is C8H12N2O. The van der Waals surface area contributed by atoms with Crippen LogP contribution in [-0.4, -0.2) is 10.1 Å². The second kappa shape index (κ2) is 2.88. The normalized spacial score (nSPS) is 10.1. The monoisotopic (exact) mass is 152 g/mol. The molecule has 0 aliphatic carbocycles. The first-order valence-corrected chi connectivity index (χ1v) is 3.48. The number of aliphatic hydroxyl groups is 1. The molecular weight excluding hydrogens is 140 g/mol. The lowest BCUT2D eigenvalue weighted by atomic mass is 10.2. The van der Waals surface area contributed by atoms with Gasteiger partial charge in [0.15, 0.2) is 0 Å². The van der Waals surface area contributed by atoms with E-state index in [-0.39, 0.29) is 6.61 Å². The zero-order valence-corrected chi connectivity index (χ0v) is 6.76. The zero-order valence-electron chi connectivity index (χ0n) is 6.76. The number of aromatic nitrogens is 1. The molecule has 1 aromatic heterocycles. The highest BCUT2D eigenvalue weighted by Crippen LogP contribution is 2.14. The van der Waals surface area contributed by atoms with Gasteiger partial charge >= 0.3 is 0 Å². The fraction of sp³-hybridized carbons (Fsp3) is 0.375. The number of nitrogens with zero attached hydrogens (tertiary/aromatic N) is 1. The Labute approximate surface area is 65.9 Å². The third kappa shape index (κ3) is 1.49. The minimum atomic E-state index is -0.0258. The molecule has 3 heteroatoms. The first-order chi connectivity index (χ1) is 5.15. The van der Waals surface area contributed by atoms with Crippen LogP contribution in [0.1, 0.15) is 17.0 Å². The van der Waals surface area contributed by atoms with Crippen molar-refractivity contribution < 1.29 is 5.11 Å². The Bertz CT molecular complexity index is 248. The number of nitrogen functional groups attached to an aromatic ring is 1. The first kappa shape index (κ1) is 8.01. The van der Waals surface area contributed by atoms with Crippen LogP contribution in [0.2, 0.25) is 0 Å². The van der Waals surface area contributed by atoms with Crippen LogP contribution in [0, 0.1) is 13.8 Å². The SMILES string of the molecule is Cc1cc(CO)nc(C)c1N. The molecule has 0 bridgehead atoms. The maximum absolute atomic E-state index is 8.77. The van der Waals surface area contributed by atoms with Crippen molar-refractivity contribution >= 4 is 5.69 Å². The van der Waals surface area contributed by atoms with Crippen molar-refractivity contribution in [3.05, 3.63) is 23.0 Å². The van der Waals surface area contributed by atoms with Crippen molar-refractivity contribution in [2.75, 3.05) is 5.73 Å². The first-order valence-electron chi connectivity index (χ1n) is 3.48. The number of hydrogen-bond donors (Lipinski definition) is 2. The van der Waals surface area contributed by atoms with Crippen LogP contribution in [0.4, 0.5) is 5.69 Å².